The van der Waals surface area contributed by atoms with Crippen LogP contribution in [0.3, 0.4) is 0 Å². The van der Waals surface area contributed by atoms with Gasteiger partial charge in [-0.25, -0.2) is 0 Å². The number of carbonyl (C=O) groups excluding carboxylic acids is 1. The van der Waals surface area contributed by atoms with Gasteiger partial charge in [-0.3, -0.25) is 4.79 Å². The molecule has 0 saturated carbocycles. The second-order valence-corrected chi connectivity index (χ2v) is 5.51. The lowest BCUT2D eigenvalue weighted by Gasteiger charge is -2.27. The molecule has 0 radical (unpaired) electrons. The predicted octanol–water partition coefficient (Wildman–Crippen LogP) is 2.08. The van der Waals surface area contributed by atoms with E-state index in [-0.39, 0.29) is 11.8 Å². The fourth-order valence-electron chi connectivity index (χ4n) is 2.48. The van der Waals surface area contributed by atoms with Crippen LogP contribution < -0.4 is 15.5 Å². The molecular formula is C15H23N3O. The second-order valence-electron chi connectivity index (χ2n) is 5.51. The molecule has 104 valence electrons. The Bertz CT molecular complexity index is 445. The molecule has 1 amide bonds. The highest BCUT2D eigenvalue weighted by Crippen LogP contribution is 2.21. The molecule has 19 heavy (non-hydrogen) atoms. The van der Waals surface area contributed by atoms with Crippen LogP contribution in [0.4, 0.5) is 11.4 Å². The zero-order valence-corrected chi connectivity index (χ0v) is 11.9. The quantitative estimate of drug-likeness (QED) is 0.875. The van der Waals surface area contributed by atoms with Crippen molar-refractivity contribution in [2.24, 2.45) is 5.92 Å². The van der Waals surface area contributed by atoms with Gasteiger partial charge in [-0.05, 0) is 44.5 Å². The SMILES string of the molecule is CC1CC(C(=O)Nc2cccc(N(C)C)c2)CCN1. The van der Waals surface area contributed by atoms with E-state index in [1.165, 1.54) is 0 Å². The highest BCUT2D eigenvalue weighted by atomic mass is 16.1. The highest BCUT2D eigenvalue weighted by Gasteiger charge is 2.24. The number of nitrogens with zero attached hydrogens (tertiary/aromatic N) is 1. The summed E-state index contributed by atoms with van der Waals surface area (Å²) < 4.78 is 0. The van der Waals surface area contributed by atoms with E-state index >= 15 is 0 Å². The largest absolute Gasteiger partial charge is 0.378 e. The summed E-state index contributed by atoms with van der Waals surface area (Å²) >= 11 is 0. The lowest BCUT2D eigenvalue weighted by molar-refractivity contribution is -0.120. The maximum atomic E-state index is 12.2. The van der Waals surface area contributed by atoms with Gasteiger partial charge in [-0.1, -0.05) is 6.07 Å². The molecule has 1 saturated heterocycles. The van der Waals surface area contributed by atoms with E-state index in [0.29, 0.717) is 6.04 Å². The fourth-order valence-corrected chi connectivity index (χ4v) is 2.48. The number of nitrogens with one attached hydrogen (secondary N) is 2. The first-order valence-corrected chi connectivity index (χ1v) is 6.88. The molecule has 0 aromatic heterocycles. The summed E-state index contributed by atoms with van der Waals surface area (Å²) in [5.74, 6) is 0.267. The molecule has 1 aliphatic rings. The molecule has 2 N–H and O–H groups in total. The van der Waals surface area contributed by atoms with Crippen LogP contribution in [0.25, 0.3) is 0 Å². The molecule has 4 nitrogen and oxygen atoms in total. The predicted molar refractivity (Wildman–Crippen MR) is 79.6 cm³/mol. The van der Waals surface area contributed by atoms with E-state index in [9.17, 15) is 4.79 Å². The van der Waals surface area contributed by atoms with E-state index in [2.05, 4.69) is 17.6 Å². The maximum Gasteiger partial charge on any atom is 0.227 e. The molecule has 2 rings (SSSR count). The molecule has 1 heterocycles. The summed E-state index contributed by atoms with van der Waals surface area (Å²) in [6.45, 7) is 3.06. The summed E-state index contributed by atoms with van der Waals surface area (Å²) in [6.07, 6.45) is 1.84. The molecule has 0 aliphatic carbocycles. The molecule has 1 aliphatic heterocycles. The number of hydrogen-bond donors (Lipinski definition) is 2. The van der Waals surface area contributed by atoms with E-state index in [0.717, 1.165) is 30.8 Å². The standard InChI is InChI=1S/C15H23N3O/c1-11-9-12(7-8-16-11)15(19)17-13-5-4-6-14(10-13)18(2)3/h4-6,10-12,16H,7-9H2,1-3H3,(H,17,19). The van der Waals surface area contributed by atoms with Crippen molar-refractivity contribution in [3.8, 4) is 0 Å². The molecule has 1 aromatic rings. The third-order valence-corrected chi connectivity index (χ3v) is 3.62. The fraction of sp³-hybridized carbons (Fsp3) is 0.533. The van der Waals surface area contributed by atoms with Crippen molar-refractivity contribution >= 4 is 17.3 Å². The average molecular weight is 261 g/mol. The van der Waals surface area contributed by atoms with E-state index in [1.54, 1.807) is 0 Å². The highest BCUT2D eigenvalue weighted by molar-refractivity contribution is 5.93. The summed E-state index contributed by atoms with van der Waals surface area (Å²) in [6, 6.07) is 8.37. The topological polar surface area (TPSA) is 44.4 Å². The average Bonchev–Trinajstić information content (AvgIpc) is 2.39. The van der Waals surface area contributed by atoms with Gasteiger partial charge in [0.15, 0.2) is 0 Å². The third-order valence-electron chi connectivity index (χ3n) is 3.62. The van der Waals surface area contributed by atoms with Gasteiger partial charge in [0, 0.05) is 37.4 Å². The van der Waals surface area contributed by atoms with Gasteiger partial charge < -0.3 is 15.5 Å². The summed E-state index contributed by atoms with van der Waals surface area (Å²) in [7, 11) is 3.99. The van der Waals surface area contributed by atoms with Crippen molar-refractivity contribution in [1.82, 2.24) is 5.32 Å². The van der Waals surface area contributed by atoms with Gasteiger partial charge in [0.1, 0.15) is 0 Å². The van der Waals surface area contributed by atoms with Gasteiger partial charge in [0.25, 0.3) is 0 Å². The monoisotopic (exact) mass is 261 g/mol. The van der Waals surface area contributed by atoms with Crippen LogP contribution in [0.15, 0.2) is 24.3 Å². The Morgan fingerprint density at radius 2 is 2.21 bits per heavy atom. The zero-order chi connectivity index (χ0) is 13.8. The Hall–Kier alpha value is -1.55. The molecule has 2 unspecified atom stereocenters. The number of rotatable bonds is 3. The van der Waals surface area contributed by atoms with E-state index in [4.69, 9.17) is 0 Å². The molecule has 0 spiro atoms. The van der Waals surface area contributed by atoms with Gasteiger partial charge >= 0.3 is 0 Å². The van der Waals surface area contributed by atoms with Crippen molar-refractivity contribution in [2.75, 3.05) is 30.9 Å². The first kappa shape index (κ1) is 13.9. The smallest absolute Gasteiger partial charge is 0.227 e. The minimum absolute atomic E-state index is 0.124. The number of anilines is 2. The van der Waals surface area contributed by atoms with Crippen molar-refractivity contribution in [2.45, 2.75) is 25.8 Å². The lowest BCUT2D eigenvalue weighted by Crippen LogP contribution is -2.40. The lowest BCUT2D eigenvalue weighted by atomic mass is 9.92. The Morgan fingerprint density at radius 1 is 1.42 bits per heavy atom. The first-order chi connectivity index (χ1) is 9.06. The second kappa shape index (κ2) is 6.06. The summed E-state index contributed by atoms with van der Waals surface area (Å²) in [4.78, 5) is 14.3. The third kappa shape index (κ3) is 3.70. The van der Waals surface area contributed by atoms with Crippen LogP contribution >= 0.6 is 0 Å². The molecule has 0 bridgehead atoms. The molecule has 2 atom stereocenters. The summed E-state index contributed by atoms with van der Waals surface area (Å²) in [5, 5.41) is 6.40. The van der Waals surface area contributed by atoms with Crippen LogP contribution in [-0.2, 0) is 4.79 Å². The molecular weight excluding hydrogens is 238 g/mol. The number of hydrogen-bond acceptors (Lipinski definition) is 3. The molecule has 1 aromatic carbocycles. The number of piperidine rings is 1. The van der Waals surface area contributed by atoms with Crippen molar-refractivity contribution in [1.29, 1.82) is 0 Å². The van der Waals surface area contributed by atoms with Crippen LogP contribution in [0, 0.1) is 5.92 Å². The summed E-state index contributed by atoms with van der Waals surface area (Å²) in [5.41, 5.74) is 1.97. The van der Waals surface area contributed by atoms with Crippen molar-refractivity contribution < 1.29 is 4.79 Å². The van der Waals surface area contributed by atoms with Crippen LogP contribution in [0.1, 0.15) is 19.8 Å². The molecule has 1 fully saturated rings. The maximum absolute atomic E-state index is 12.2. The Kier molecular flexibility index (Phi) is 4.43. The van der Waals surface area contributed by atoms with Crippen molar-refractivity contribution in [3.05, 3.63) is 24.3 Å². The first-order valence-electron chi connectivity index (χ1n) is 6.88. The van der Waals surface area contributed by atoms with Gasteiger partial charge in [-0.2, -0.15) is 0 Å². The number of carbonyl (C=O) groups is 1. The van der Waals surface area contributed by atoms with E-state index < -0.39 is 0 Å². The zero-order valence-electron chi connectivity index (χ0n) is 11.9. The minimum atomic E-state index is 0.124. The number of amides is 1. The van der Waals surface area contributed by atoms with Gasteiger partial charge in [-0.15, -0.1) is 0 Å². The van der Waals surface area contributed by atoms with Crippen molar-refractivity contribution in [3.63, 3.8) is 0 Å². The van der Waals surface area contributed by atoms with Gasteiger partial charge in [0.2, 0.25) is 5.91 Å². The van der Waals surface area contributed by atoms with Crippen LogP contribution in [0.5, 0.6) is 0 Å². The Labute approximate surface area is 115 Å². The van der Waals surface area contributed by atoms with Crippen LogP contribution in [-0.4, -0.2) is 32.6 Å². The van der Waals surface area contributed by atoms with Crippen LogP contribution in [0.2, 0.25) is 0 Å². The Morgan fingerprint density at radius 3 is 2.89 bits per heavy atom. The van der Waals surface area contributed by atoms with E-state index in [1.807, 2.05) is 43.3 Å². The molecule has 4 heteroatoms. The number of benzene rings is 1. The normalized spacial score (nSPS) is 22.9. The minimum Gasteiger partial charge on any atom is -0.378 e. The van der Waals surface area contributed by atoms with Gasteiger partial charge in [0.05, 0.1) is 0 Å². The Balaban J connectivity index is 2.00.